The molecule has 21 atom stereocenters. The van der Waals surface area contributed by atoms with E-state index in [-0.39, 0.29) is 38.1 Å². The molecule has 0 aromatic heterocycles. The van der Waals surface area contributed by atoms with Crippen LogP contribution in [0.25, 0.3) is 0 Å². The zero-order valence-corrected chi connectivity index (χ0v) is 42.3. The number of aliphatic hydroxyl groups is 4. The van der Waals surface area contributed by atoms with Crippen molar-refractivity contribution in [3.8, 4) is 0 Å². The monoisotopic (exact) mass is 972 g/mol. The van der Waals surface area contributed by atoms with Gasteiger partial charge in [-0.1, -0.05) is 45.4 Å². The molecule has 4 rings (SSSR count). The Kier molecular flexibility index (Phi) is 22.2. The summed E-state index contributed by atoms with van der Waals surface area (Å²) in [5.41, 5.74) is -0.821. The number of allylic oxidation sites excluding steroid dienone is 3. The van der Waals surface area contributed by atoms with Crippen molar-refractivity contribution in [1.29, 1.82) is 0 Å². The lowest BCUT2D eigenvalue weighted by Gasteiger charge is -2.50. The highest BCUT2D eigenvalue weighted by atomic mass is 16.7. The van der Waals surface area contributed by atoms with E-state index < -0.39 is 146 Å². The molecule has 3 saturated heterocycles. The Morgan fingerprint density at radius 3 is 2.13 bits per heavy atom. The molecular formula is C49H81NO18. The molecule has 0 unspecified atom stereocenters. The van der Waals surface area contributed by atoms with E-state index in [2.05, 4.69) is 0 Å². The van der Waals surface area contributed by atoms with E-state index in [1.807, 2.05) is 13.0 Å². The maximum Gasteiger partial charge on any atom is 0.308 e. The van der Waals surface area contributed by atoms with E-state index in [1.165, 1.54) is 20.3 Å². The van der Waals surface area contributed by atoms with Gasteiger partial charge < -0.3 is 77.5 Å². The van der Waals surface area contributed by atoms with Crippen molar-refractivity contribution in [2.45, 2.75) is 205 Å². The van der Waals surface area contributed by atoms with Gasteiger partial charge in [0.25, 0.3) is 0 Å². The van der Waals surface area contributed by atoms with Crippen LogP contribution >= 0.6 is 0 Å². The predicted octanol–water partition coefficient (Wildman–Crippen LogP) is 2.79. The third-order valence-electron chi connectivity index (χ3n) is 13.9. The fraction of sp³-hybridized carbons (Fsp3) is 0.837. The third-order valence-corrected chi connectivity index (χ3v) is 13.9. The molecule has 0 spiro atoms. The van der Waals surface area contributed by atoms with Gasteiger partial charge in [0.1, 0.15) is 48.5 Å². The third kappa shape index (κ3) is 14.7. The fourth-order valence-corrected chi connectivity index (χ4v) is 9.95. The number of carbonyl (C=O) groups is 4. The number of esters is 2. The smallest absolute Gasteiger partial charge is 0.308 e. The van der Waals surface area contributed by atoms with Crippen LogP contribution in [0.3, 0.4) is 0 Å². The number of methoxy groups -OCH3 is 2. The number of hydrogen-bond donors (Lipinski definition) is 4. The SMILES string of the molecule is CCC(=O)O[C@H]1[C@H](C)O[C@@H](O[C@H]2[C@H](N(C)C)[C@@H](O)[C@H](O[C@H]3[C@@H](CC=O)C[C@@H](C)C(=O)/C=C/C(C)=C/[C@H](CO[C@@H]4O[C@H](C)[C@@H](O)[C@@H](OC)[C@H]4OC)[C@@H](CC)OC(=O)C[C@@H](O)[C@@H]3C)O[C@@H]2C)C[C@@]1(C)O. The lowest BCUT2D eigenvalue weighted by Crippen LogP contribution is -2.65. The van der Waals surface area contributed by atoms with Gasteiger partial charge in [-0.25, -0.2) is 0 Å². The van der Waals surface area contributed by atoms with Crippen molar-refractivity contribution in [3.63, 3.8) is 0 Å². The molecule has 68 heavy (non-hydrogen) atoms. The second-order valence-corrected chi connectivity index (χ2v) is 19.6. The summed E-state index contributed by atoms with van der Waals surface area (Å²) in [5, 5.41) is 46.0. The number of rotatable bonds is 15. The minimum absolute atomic E-state index is 0.0143. The van der Waals surface area contributed by atoms with E-state index >= 15 is 0 Å². The van der Waals surface area contributed by atoms with Crippen LogP contribution in [0.15, 0.2) is 23.8 Å². The number of ketones is 1. The number of cyclic esters (lactones) is 1. The molecule has 4 aliphatic heterocycles. The minimum atomic E-state index is -1.50. The Labute approximate surface area is 402 Å². The van der Waals surface area contributed by atoms with E-state index in [0.29, 0.717) is 18.3 Å². The molecule has 0 aromatic rings. The van der Waals surface area contributed by atoms with E-state index in [4.69, 9.17) is 47.4 Å². The average molecular weight is 972 g/mol. The van der Waals surface area contributed by atoms with Crippen LogP contribution in [0.5, 0.6) is 0 Å². The molecule has 0 aliphatic carbocycles. The molecule has 0 radical (unpaired) electrons. The van der Waals surface area contributed by atoms with Crippen LogP contribution in [0, 0.1) is 23.7 Å². The second kappa shape index (κ2) is 26.1. The highest BCUT2D eigenvalue weighted by Gasteiger charge is 2.53. The highest BCUT2D eigenvalue weighted by molar-refractivity contribution is 5.91. The van der Waals surface area contributed by atoms with Crippen molar-refractivity contribution in [2.75, 3.05) is 34.9 Å². The first-order valence-corrected chi connectivity index (χ1v) is 24.1. The van der Waals surface area contributed by atoms with Crippen LogP contribution in [0.4, 0.5) is 0 Å². The van der Waals surface area contributed by atoms with Gasteiger partial charge in [0.2, 0.25) is 0 Å². The van der Waals surface area contributed by atoms with Gasteiger partial charge in [0.15, 0.2) is 30.8 Å². The highest BCUT2D eigenvalue weighted by Crippen LogP contribution is 2.38. The van der Waals surface area contributed by atoms with Gasteiger partial charge in [-0.2, -0.15) is 0 Å². The van der Waals surface area contributed by atoms with Crippen LogP contribution < -0.4 is 0 Å². The maximum atomic E-state index is 13.8. The zero-order chi connectivity index (χ0) is 50.8. The summed E-state index contributed by atoms with van der Waals surface area (Å²) >= 11 is 0. The number of aldehydes is 1. The topological polar surface area (TPSA) is 245 Å². The first-order chi connectivity index (χ1) is 32.0. The van der Waals surface area contributed by atoms with Gasteiger partial charge in [0.05, 0.1) is 49.6 Å². The van der Waals surface area contributed by atoms with Crippen LogP contribution in [0.1, 0.15) is 101 Å². The molecule has 0 bridgehead atoms. The van der Waals surface area contributed by atoms with E-state index in [1.54, 1.807) is 80.5 Å². The second-order valence-electron chi connectivity index (χ2n) is 19.6. The first-order valence-electron chi connectivity index (χ1n) is 24.1. The Morgan fingerprint density at radius 1 is 0.882 bits per heavy atom. The number of aliphatic hydroxyl groups excluding tert-OH is 3. The zero-order valence-electron chi connectivity index (χ0n) is 42.3. The molecule has 19 nitrogen and oxygen atoms in total. The summed E-state index contributed by atoms with van der Waals surface area (Å²) in [6.07, 6.45) is -8.44. The quantitative estimate of drug-likeness (QED) is 0.136. The Balaban J connectivity index is 1.60. The van der Waals surface area contributed by atoms with Crippen LogP contribution in [-0.4, -0.2) is 188 Å². The lowest BCUT2D eigenvalue weighted by atomic mass is 9.79. The Bertz CT molecular complexity index is 1690. The average Bonchev–Trinajstić information content (AvgIpc) is 3.27. The molecule has 4 N–H and O–H groups in total. The minimum Gasteiger partial charge on any atom is -0.462 e. The number of nitrogens with zero attached hydrogens (tertiary/aromatic N) is 1. The molecule has 0 aromatic carbocycles. The lowest BCUT2D eigenvalue weighted by molar-refractivity contribution is -0.342. The summed E-state index contributed by atoms with van der Waals surface area (Å²) in [6.45, 7) is 15.4. The van der Waals surface area contributed by atoms with Crippen LogP contribution in [-0.2, 0) is 66.5 Å². The number of hydrogen-bond acceptors (Lipinski definition) is 19. The van der Waals surface area contributed by atoms with Crippen molar-refractivity contribution < 1.29 is 87.0 Å². The summed E-state index contributed by atoms with van der Waals surface area (Å²) in [7, 11) is 6.42. The standard InChI is InChI=1S/C49H81NO18/c1-14-35-32(24-61-48-45(60-13)44(59-12)40(56)28(6)63-48)20-25(3)16-17-33(52)26(4)21-31(18-19-51)42(27(5)34(53)22-37(55)65-35)68-47-41(57)39(50(10)11)43(29(7)64-47)67-38-23-49(9,58)46(30(8)62-38)66-36(54)15-2/h16-17,19-20,26-32,34-35,38-48,53,56-58H,14-15,18,21-24H2,1-13H3/b17-16+,25-20+/t26-,27+,28-,29-,30+,31+,32-,34-,35-,38+,39-,40-,41-,42-,43-,44-,45-,46+,47+,48-,49-/m1/s1. The van der Waals surface area contributed by atoms with Crippen LogP contribution in [0.2, 0.25) is 0 Å². The van der Waals surface area contributed by atoms with Gasteiger partial charge in [-0.05, 0) is 73.5 Å². The maximum absolute atomic E-state index is 13.8. The normalized spacial score (nSPS) is 43.8. The molecule has 4 aliphatic rings. The van der Waals surface area contributed by atoms with E-state index in [9.17, 15) is 39.6 Å². The molecule has 19 heteroatoms. The predicted molar refractivity (Wildman–Crippen MR) is 245 cm³/mol. The van der Waals surface area contributed by atoms with Gasteiger partial charge in [-0.3, -0.25) is 14.4 Å². The summed E-state index contributed by atoms with van der Waals surface area (Å²) in [5.74, 6) is -4.13. The Morgan fingerprint density at radius 2 is 1.54 bits per heavy atom. The van der Waals surface area contributed by atoms with Crippen molar-refractivity contribution in [1.82, 2.24) is 4.90 Å². The first kappa shape index (κ1) is 57.8. The summed E-state index contributed by atoms with van der Waals surface area (Å²) in [4.78, 5) is 53.8. The molecule has 0 saturated carbocycles. The van der Waals surface area contributed by atoms with Crippen molar-refractivity contribution >= 4 is 24.0 Å². The molecule has 3 fully saturated rings. The largest absolute Gasteiger partial charge is 0.462 e. The fourth-order valence-electron chi connectivity index (χ4n) is 9.95. The number of carbonyl (C=O) groups excluding carboxylic acids is 4. The number of ether oxygens (including phenoxy) is 10. The van der Waals surface area contributed by atoms with Gasteiger partial charge in [-0.15, -0.1) is 0 Å². The molecule has 390 valence electrons. The van der Waals surface area contributed by atoms with Crippen molar-refractivity contribution in [2.24, 2.45) is 23.7 Å². The number of likely N-dealkylation sites (N-methyl/N-ethyl adjacent to an activating group) is 1. The van der Waals surface area contributed by atoms with E-state index in [0.717, 1.165) is 0 Å². The summed E-state index contributed by atoms with van der Waals surface area (Å²) < 4.78 is 60.6. The summed E-state index contributed by atoms with van der Waals surface area (Å²) in [6, 6.07) is -0.777. The molecule has 0 amide bonds. The van der Waals surface area contributed by atoms with Gasteiger partial charge >= 0.3 is 11.9 Å². The molecular weight excluding hydrogens is 891 g/mol. The van der Waals surface area contributed by atoms with Gasteiger partial charge in [0, 0.05) is 51.2 Å². The molecule has 4 heterocycles. The van der Waals surface area contributed by atoms with Crippen molar-refractivity contribution in [3.05, 3.63) is 23.8 Å². The Hall–Kier alpha value is -2.76.